The van der Waals surface area contributed by atoms with Gasteiger partial charge in [-0.1, -0.05) is 35.6 Å². The molecule has 0 aliphatic rings. The maximum absolute atomic E-state index is 5.94. The first kappa shape index (κ1) is 17.7. The molecule has 122 valence electrons. The second-order valence-electron chi connectivity index (χ2n) is 6.75. The summed E-state index contributed by atoms with van der Waals surface area (Å²) in [6.07, 6.45) is 0. The predicted molar refractivity (Wildman–Crippen MR) is 99.1 cm³/mol. The molecule has 0 aliphatic carbocycles. The van der Waals surface area contributed by atoms with Gasteiger partial charge in [-0.3, -0.25) is 0 Å². The molecule has 22 heavy (non-hydrogen) atoms. The lowest BCUT2D eigenvalue weighted by molar-refractivity contribution is 0.0779. The molecule has 0 fully saturated rings. The van der Waals surface area contributed by atoms with Gasteiger partial charge in [0.15, 0.2) is 0 Å². The van der Waals surface area contributed by atoms with Crippen molar-refractivity contribution in [2.24, 2.45) is 0 Å². The van der Waals surface area contributed by atoms with Gasteiger partial charge < -0.3 is 14.0 Å². The standard InChI is InChI=1S/C17H26BrNO2Si/c1-5-20-12-16-11-14-10-15(18)6-7-17(14)19(16)13-21-8-9-22(2,3)4/h6-7,10-11H,5,8-9,12-13H2,1-4H3. The van der Waals surface area contributed by atoms with Crippen LogP contribution in [0.1, 0.15) is 12.6 Å². The second kappa shape index (κ2) is 7.77. The molecular weight excluding hydrogens is 358 g/mol. The fourth-order valence-corrected chi connectivity index (χ4v) is 3.45. The van der Waals surface area contributed by atoms with Crippen molar-refractivity contribution in [1.82, 2.24) is 4.57 Å². The third-order valence-corrected chi connectivity index (χ3v) is 5.82. The minimum absolute atomic E-state index is 0.595. The van der Waals surface area contributed by atoms with Gasteiger partial charge in [0, 0.05) is 36.8 Å². The highest BCUT2D eigenvalue weighted by Gasteiger charge is 2.13. The van der Waals surface area contributed by atoms with Crippen molar-refractivity contribution >= 4 is 34.9 Å². The Morgan fingerprint density at radius 2 is 1.91 bits per heavy atom. The maximum atomic E-state index is 5.94. The quantitative estimate of drug-likeness (QED) is 0.458. The topological polar surface area (TPSA) is 23.4 Å². The molecule has 2 aromatic rings. The van der Waals surface area contributed by atoms with Crippen molar-refractivity contribution < 1.29 is 9.47 Å². The molecular formula is C17H26BrNO2Si. The summed E-state index contributed by atoms with van der Waals surface area (Å²) in [5.74, 6) is 0. The lowest BCUT2D eigenvalue weighted by Gasteiger charge is -2.17. The van der Waals surface area contributed by atoms with Gasteiger partial charge in [-0.05, 0) is 37.2 Å². The molecule has 1 aromatic heterocycles. The molecule has 0 N–H and O–H groups in total. The van der Waals surface area contributed by atoms with E-state index in [2.05, 4.69) is 64.4 Å². The molecule has 0 radical (unpaired) electrons. The summed E-state index contributed by atoms with van der Waals surface area (Å²) in [6.45, 7) is 11.9. The zero-order valence-corrected chi connectivity index (χ0v) is 16.6. The van der Waals surface area contributed by atoms with Gasteiger partial charge in [-0.15, -0.1) is 0 Å². The Morgan fingerprint density at radius 1 is 1.14 bits per heavy atom. The van der Waals surface area contributed by atoms with E-state index in [9.17, 15) is 0 Å². The molecule has 0 bridgehead atoms. The van der Waals surface area contributed by atoms with Gasteiger partial charge in [0.2, 0.25) is 0 Å². The van der Waals surface area contributed by atoms with Crippen LogP contribution in [0.5, 0.6) is 0 Å². The van der Waals surface area contributed by atoms with Crippen LogP contribution < -0.4 is 0 Å². The zero-order chi connectivity index (χ0) is 16.2. The first-order chi connectivity index (χ1) is 10.4. The molecule has 0 saturated heterocycles. The van der Waals surface area contributed by atoms with Crippen LogP contribution >= 0.6 is 15.9 Å². The molecule has 0 aliphatic heterocycles. The third kappa shape index (κ3) is 4.95. The van der Waals surface area contributed by atoms with E-state index in [1.165, 1.54) is 22.6 Å². The maximum Gasteiger partial charge on any atom is 0.123 e. The number of halogens is 1. The summed E-state index contributed by atoms with van der Waals surface area (Å²) in [5, 5.41) is 1.22. The smallest absolute Gasteiger partial charge is 0.123 e. The van der Waals surface area contributed by atoms with E-state index in [1.807, 2.05) is 6.92 Å². The van der Waals surface area contributed by atoms with Crippen LogP contribution in [0.3, 0.4) is 0 Å². The fourth-order valence-electron chi connectivity index (χ4n) is 2.31. The van der Waals surface area contributed by atoms with Gasteiger partial charge in [-0.25, -0.2) is 0 Å². The van der Waals surface area contributed by atoms with Gasteiger partial charge in [0.1, 0.15) is 6.73 Å². The number of hydrogen-bond acceptors (Lipinski definition) is 2. The lowest BCUT2D eigenvalue weighted by atomic mass is 10.2. The first-order valence-electron chi connectivity index (χ1n) is 7.84. The van der Waals surface area contributed by atoms with Crippen molar-refractivity contribution in [3.05, 3.63) is 34.4 Å². The van der Waals surface area contributed by atoms with Crippen LogP contribution in [0, 0.1) is 0 Å². The monoisotopic (exact) mass is 383 g/mol. The van der Waals surface area contributed by atoms with E-state index in [1.54, 1.807) is 0 Å². The molecule has 0 spiro atoms. The SMILES string of the molecule is CCOCc1cc2cc(Br)ccc2n1COCC[Si](C)(C)C. The molecule has 3 nitrogen and oxygen atoms in total. The van der Waals surface area contributed by atoms with Gasteiger partial charge in [0.05, 0.1) is 12.1 Å². The summed E-state index contributed by atoms with van der Waals surface area (Å²) in [6, 6.07) is 9.74. The summed E-state index contributed by atoms with van der Waals surface area (Å²) in [4.78, 5) is 0. The highest BCUT2D eigenvalue weighted by molar-refractivity contribution is 9.10. The summed E-state index contributed by atoms with van der Waals surface area (Å²) >= 11 is 3.54. The van der Waals surface area contributed by atoms with Crippen molar-refractivity contribution in [1.29, 1.82) is 0 Å². The average molecular weight is 384 g/mol. The normalized spacial score (nSPS) is 12.2. The number of hydrogen-bond donors (Lipinski definition) is 0. The predicted octanol–water partition coefficient (Wildman–Crippen LogP) is 5.25. The minimum atomic E-state index is -1.04. The molecule has 1 aromatic carbocycles. The van der Waals surface area contributed by atoms with Crippen LogP contribution in [0.4, 0.5) is 0 Å². The Kier molecular flexibility index (Phi) is 6.26. The van der Waals surface area contributed by atoms with Crippen LogP contribution in [0.25, 0.3) is 10.9 Å². The van der Waals surface area contributed by atoms with Crippen LogP contribution in [0.15, 0.2) is 28.7 Å². The largest absolute Gasteiger partial charge is 0.376 e. The number of rotatable bonds is 8. The van der Waals surface area contributed by atoms with Crippen LogP contribution in [0.2, 0.25) is 25.7 Å². The second-order valence-corrected chi connectivity index (χ2v) is 13.3. The van der Waals surface area contributed by atoms with Crippen LogP contribution in [-0.2, 0) is 22.8 Å². The van der Waals surface area contributed by atoms with Gasteiger partial charge in [-0.2, -0.15) is 0 Å². The Bertz CT molecular complexity index is 619. The number of benzene rings is 1. The highest BCUT2D eigenvalue weighted by atomic mass is 79.9. The Morgan fingerprint density at radius 3 is 2.59 bits per heavy atom. The van der Waals surface area contributed by atoms with Crippen molar-refractivity contribution in [2.45, 2.75) is 45.9 Å². The third-order valence-electron chi connectivity index (χ3n) is 3.62. The molecule has 5 heteroatoms. The van der Waals surface area contributed by atoms with Gasteiger partial charge in [0.25, 0.3) is 0 Å². The summed E-state index contributed by atoms with van der Waals surface area (Å²) < 4.78 is 14.9. The molecule has 0 amide bonds. The van der Waals surface area contributed by atoms with Crippen molar-refractivity contribution in [3.63, 3.8) is 0 Å². The van der Waals surface area contributed by atoms with Crippen molar-refractivity contribution in [3.8, 4) is 0 Å². The van der Waals surface area contributed by atoms with E-state index in [4.69, 9.17) is 9.47 Å². The van der Waals surface area contributed by atoms with E-state index >= 15 is 0 Å². The highest BCUT2D eigenvalue weighted by Crippen LogP contribution is 2.24. The van der Waals surface area contributed by atoms with Crippen LogP contribution in [-0.4, -0.2) is 25.9 Å². The minimum Gasteiger partial charge on any atom is -0.376 e. The summed E-state index contributed by atoms with van der Waals surface area (Å²) in [5.41, 5.74) is 2.37. The molecule has 1 heterocycles. The lowest BCUT2D eigenvalue weighted by Crippen LogP contribution is -2.22. The average Bonchev–Trinajstić information content (AvgIpc) is 2.77. The Balaban J connectivity index is 2.14. The number of aromatic nitrogens is 1. The molecule has 2 rings (SSSR count). The number of nitrogens with zero attached hydrogens (tertiary/aromatic N) is 1. The Labute approximate surface area is 142 Å². The molecule has 0 atom stereocenters. The Hall–Kier alpha value is -0.623. The number of fused-ring (bicyclic) bond motifs is 1. The van der Waals surface area contributed by atoms with Crippen molar-refractivity contribution in [2.75, 3.05) is 13.2 Å². The molecule has 0 saturated carbocycles. The zero-order valence-electron chi connectivity index (χ0n) is 14.0. The number of ether oxygens (including phenoxy) is 2. The van der Waals surface area contributed by atoms with E-state index < -0.39 is 8.07 Å². The summed E-state index contributed by atoms with van der Waals surface area (Å²) in [7, 11) is -1.04. The fraction of sp³-hybridized carbons (Fsp3) is 0.529. The van der Waals surface area contributed by atoms with E-state index in [0.717, 1.165) is 17.7 Å². The van der Waals surface area contributed by atoms with E-state index in [-0.39, 0.29) is 0 Å². The van der Waals surface area contributed by atoms with E-state index in [0.29, 0.717) is 13.3 Å². The van der Waals surface area contributed by atoms with Gasteiger partial charge >= 0.3 is 0 Å². The first-order valence-corrected chi connectivity index (χ1v) is 12.3. The molecule has 0 unspecified atom stereocenters.